The van der Waals surface area contributed by atoms with Gasteiger partial charge in [0.05, 0.1) is 0 Å². The van der Waals surface area contributed by atoms with Crippen molar-refractivity contribution in [3.63, 3.8) is 0 Å². The van der Waals surface area contributed by atoms with Gasteiger partial charge in [-0.05, 0) is 23.4 Å². The van der Waals surface area contributed by atoms with Gasteiger partial charge in [0.2, 0.25) is 0 Å². The maximum absolute atomic E-state index is 5.74. The summed E-state index contributed by atoms with van der Waals surface area (Å²) in [4.78, 5) is 4.04. The second-order valence-corrected chi connectivity index (χ2v) is 3.11. The molecule has 0 radical (unpaired) electrons. The van der Waals surface area contributed by atoms with Gasteiger partial charge in [-0.3, -0.25) is 0 Å². The summed E-state index contributed by atoms with van der Waals surface area (Å²) in [7, 11) is 0. The topological polar surface area (TPSA) is 38.9 Å². The summed E-state index contributed by atoms with van der Waals surface area (Å²) in [6.45, 7) is 6.14. The molecule has 0 atom stereocenters. The lowest BCUT2D eigenvalue weighted by Crippen LogP contribution is -1.91. The zero-order valence-electron chi connectivity index (χ0n) is 9.62. The molecule has 2 N–H and O–H groups in total. The Morgan fingerprint density at radius 1 is 1.20 bits per heavy atom. The quantitative estimate of drug-likeness (QED) is 0.769. The van der Waals surface area contributed by atoms with Crippen molar-refractivity contribution in [3.8, 4) is 0 Å². The Kier molecular flexibility index (Phi) is 4.10. The number of nitrogens with two attached hydrogens (primary N) is 1. The molecule has 0 bridgehead atoms. The number of hydrogen-bond donors (Lipinski definition) is 1. The molecular weight excluding hydrogens is 184 g/mol. The van der Waals surface area contributed by atoms with Crippen LogP contribution in [0.2, 0.25) is 0 Å². The van der Waals surface area contributed by atoms with Crippen LogP contribution in [0.1, 0.15) is 26.3 Å². The molecule has 80 valence electrons. The number of anilines is 1. The number of benzene rings is 1. The molecule has 0 fully saturated rings. The highest BCUT2D eigenvalue weighted by Crippen LogP contribution is 2.19. The third-order valence-electron chi connectivity index (χ3n) is 2.27. The van der Waals surface area contributed by atoms with Crippen LogP contribution in [0.3, 0.4) is 0 Å². The van der Waals surface area contributed by atoms with Gasteiger partial charge in [-0.2, -0.15) is 0 Å². The number of aryl methyl sites for hydroxylation is 1. The first-order valence-electron chi connectivity index (χ1n) is 5.44. The van der Waals surface area contributed by atoms with Crippen molar-refractivity contribution in [2.75, 3.05) is 5.73 Å². The lowest BCUT2D eigenvalue weighted by molar-refractivity contribution is 1.15. The van der Waals surface area contributed by atoms with Crippen LogP contribution in [-0.2, 0) is 6.42 Å². The molecule has 0 aliphatic heterocycles. The monoisotopic (exact) mass is 202 g/mol. The van der Waals surface area contributed by atoms with Crippen molar-refractivity contribution in [2.45, 2.75) is 27.2 Å². The highest BCUT2D eigenvalue weighted by molar-refractivity contribution is 5.91. The SMILES string of the molecule is CC.CCc1ccc2c(N)nccc2c1. The predicted octanol–water partition coefficient (Wildman–Crippen LogP) is 3.41. The molecule has 0 saturated heterocycles. The average molecular weight is 202 g/mol. The van der Waals surface area contributed by atoms with Crippen LogP contribution in [0.25, 0.3) is 10.8 Å². The minimum Gasteiger partial charge on any atom is -0.383 e. The van der Waals surface area contributed by atoms with E-state index in [1.54, 1.807) is 6.20 Å². The Hall–Kier alpha value is -1.57. The first-order valence-corrected chi connectivity index (χ1v) is 5.44. The molecular formula is C13H18N2. The minimum atomic E-state index is 0.611. The fourth-order valence-electron chi connectivity index (χ4n) is 1.47. The van der Waals surface area contributed by atoms with Crippen molar-refractivity contribution in [3.05, 3.63) is 36.0 Å². The molecule has 2 rings (SSSR count). The largest absolute Gasteiger partial charge is 0.383 e. The number of fused-ring (bicyclic) bond motifs is 1. The molecule has 0 saturated carbocycles. The van der Waals surface area contributed by atoms with Crippen molar-refractivity contribution in [2.24, 2.45) is 0 Å². The van der Waals surface area contributed by atoms with Crippen LogP contribution < -0.4 is 5.73 Å². The van der Waals surface area contributed by atoms with Gasteiger partial charge in [0.25, 0.3) is 0 Å². The molecule has 0 amide bonds. The Balaban J connectivity index is 0.000000531. The average Bonchev–Trinajstić information content (AvgIpc) is 2.31. The zero-order chi connectivity index (χ0) is 11.3. The third-order valence-corrected chi connectivity index (χ3v) is 2.27. The fourth-order valence-corrected chi connectivity index (χ4v) is 1.47. The molecule has 0 unspecified atom stereocenters. The van der Waals surface area contributed by atoms with E-state index in [1.807, 2.05) is 26.0 Å². The summed E-state index contributed by atoms with van der Waals surface area (Å²) in [5, 5.41) is 2.21. The second kappa shape index (κ2) is 5.35. The lowest BCUT2D eigenvalue weighted by atomic mass is 10.1. The molecule has 2 nitrogen and oxygen atoms in total. The van der Waals surface area contributed by atoms with E-state index in [0.717, 1.165) is 11.8 Å². The fraction of sp³-hybridized carbons (Fsp3) is 0.308. The smallest absolute Gasteiger partial charge is 0.131 e. The van der Waals surface area contributed by atoms with E-state index in [4.69, 9.17) is 5.73 Å². The van der Waals surface area contributed by atoms with Crippen LogP contribution in [0.4, 0.5) is 5.82 Å². The molecule has 0 aliphatic carbocycles. The van der Waals surface area contributed by atoms with Gasteiger partial charge < -0.3 is 5.73 Å². The van der Waals surface area contributed by atoms with Crippen molar-refractivity contribution >= 4 is 16.6 Å². The molecule has 0 aliphatic rings. The van der Waals surface area contributed by atoms with Crippen LogP contribution in [-0.4, -0.2) is 4.98 Å². The van der Waals surface area contributed by atoms with Crippen LogP contribution >= 0.6 is 0 Å². The maximum Gasteiger partial charge on any atom is 0.131 e. The number of pyridine rings is 1. The second-order valence-electron chi connectivity index (χ2n) is 3.11. The molecule has 2 heteroatoms. The Morgan fingerprint density at radius 3 is 2.60 bits per heavy atom. The molecule has 0 spiro atoms. The normalized spacial score (nSPS) is 9.53. The van der Waals surface area contributed by atoms with Crippen LogP contribution in [0.15, 0.2) is 30.5 Å². The van der Waals surface area contributed by atoms with E-state index in [9.17, 15) is 0 Å². The summed E-state index contributed by atoms with van der Waals surface area (Å²) < 4.78 is 0. The van der Waals surface area contributed by atoms with E-state index < -0.39 is 0 Å². The van der Waals surface area contributed by atoms with E-state index in [0.29, 0.717) is 5.82 Å². The molecule has 1 aromatic carbocycles. The summed E-state index contributed by atoms with van der Waals surface area (Å²) >= 11 is 0. The van der Waals surface area contributed by atoms with Gasteiger partial charge >= 0.3 is 0 Å². The van der Waals surface area contributed by atoms with Crippen molar-refractivity contribution in [1.29, 1.82) is 0 Å². The highest BCUT2D eigenvalue weighted by atomic mass is 14.8. The highest BCUT2D eigenvalue weighted by Gasteiger charge is 1.98. The first kappa shape index (κ1) is 11.5. The molecule has 1 aromatic heterocycles. The van der Waals surface area contributed by atoms with E-state index in [-0.39, 0.29) is 0 Å². The predicted molar refractivity (Wildman–Crippen MR) is 66.9 cm³/mol. The van der Waals surface area contributed by atoms with Crippen LogP contribution in [0.5, 0.6) is 0 Å². The minimum absolute atomic E-state index is 0.611. The van der Waals surface area contributed by atoms with E-state index in [1.165, 1.54) is 10.9 Å². The van der Waals surface area contributed by atoms with Gasteiger partial charge in [-0.25, -0.2) is 4.98 Å². The van der Waals surface area contributed by atoms with Crippen molar-refractivity contribution in [1.82, 2.24) is 4.98 Å². The molecule has 2 aromatic rings. The van der Waals surface area contributed by atoms with Gasteiger partial charge in [0, 0.05) is 11.6 Å². The number of nitrogens with zero attached hydrogens (tertiary/aromatic N) is 1. The summed E-state index contributed by atoms with van der Waals surface area (Å²) in [5.41, 5.74) is 7.07. The maximum atomic E-state index is 5.74. The van der Waals surface area contributed by atoms with Gasteiger partial charge in [0.15, 0.2) is 0 Å². The molecule has 15 heavy (non-hydrogen) atoms. The van der Waals surface area contributed by atoms with Gasteiger partial charge in [-0.1, -0.05) is 39.0 Å². The zero-order valence-corrected chi connectivity index (χ0v) is 9.62. The number of nitrogen functional groups attached to an aromatic ring is 1. The summed E-state index contributed by atoms with van der Waals surface area (Å²) in [6, 6.07) is 8.29. The Labute approximate surface area is 91.1 Å². The van der Waals surface area contributed by atoms with E-state index in [2.05, 4.69) is 24.0 Å². The Morgan fingerprint density at radius 2 is 1.93 bits per heavy atom. The molecule has 1 heterocycles. The summed E-state index contributed by atoms with van der Waals surface area (Å²) in [6.07, 6.45) is 2.80. The Bertz CT molecular complexity index is 435. The van der Waals surface area contributed by atoms with E-state index >= 15 is 0 Å². The van der Waals surface area contributed by atoms with Crippen LogP contribution in [0, 0.1) is 0 Å². The standard InChI is InChI=1S/C11H12N2.C2H6/c1-2-8-3-4-10-9(7-8)5-6-13-11(10)12;1-2/h3-7H,2H2,1H3,(H2,12,13);1-2H3. The summed E-state index contributed by atoms with van der Waals surface area (Å²) in [5.74, 6) is 0.611. The number of aromatic nitrogens is 1. The van der Waals surface area contributed by atoms with Gasteiger partial charge in [-0.15, -0.1) is 0 Å². The lowest BCUT2D eigenvalue weighted by Gasteiger charge is -2.02. The number of rotatable bonds is 1. The van der Waals surface area contributed by atoms with Gasteiger partial charge in [0.1, 0.15) is 5.82 Å². The third kappa shape index (κ3) is 2.46. The number of hydrogen-bond acceptors (Lipinski definition) is 2. The van der Waals surface area contributed by atoms with Crippen molar-refractivity contribution < 1.29 is 0 Å². The first-order chi connectivity index (χ1) is 7.31.